The molecule has 4 rings (SSSR count). The highest BCUT2D eigenvalue weighted by Crippen LogP contribution is 2.40. The minimum atomic E-state index is -0.261. The average molecular weight is 429 g/mol. The minimum absolute atomic E-state index is 0.0684. The maximum absolute atomic E-state index is 12.2. The van der Waals surface area contributed by atoms with Gasteiger partial charge in [-0.05, 0) is 45.4 Å². The fraction of sp³-hybridized carbons (Fsp3) is 0.269. The van der Waals surface area contributed by atoms with Gasteiger partial charge in [0.05, 0.1) is 18.2 Å². The van der Waals surface area contributed by atoms with Gasteiger partial charge < -0.3 is 4.57 Å². The Morgan fingerprint density at radius 2 is 1.84 bits per heavy atom. The molecule has 4 nitrogen and oxygen atoms in total. The van der Waals surface area contributed by atoms with E-state index in [4.69, 9.17) is 11.4 Å². The average Bonchev–Trinajstić information content (AvgIpc) is 3.20. The van der Waals surface area contributed by atoms with Gasteiger partial charge in [-0.3, -0.25) is 14.6 Å². The number of nitrogens with zero attached hydrogens (tertiary/aromatic N) is 2. The topological polar surface area (TPSA) is 51.4 Å². The summed E-state index contributed by atoms with van der Waals surface area (Å²) in [6, 6.07) is 11.4. The smallest absolute Gasteiger partial charge is 0.174 e. The Labute approximate surface area is 186 Å². The predicted molar refractivity (Wildman–Crippen MR) is 126 cm³/mol. The molecule has 1 aliphatic heterocycles. The number of hydrogen-bond donors (Lipinski definition) is 0. The number of carbonyl (C=O) groups excluding carboxylic acids is 2. The molecule has 2 aromatic heterocycles. The maximum atomic E-state index is 12.2. The van der Waals surface area contributed by atoms with Crippen molar-refractivity contribution in [2.24, 2.45) is 4.99 Å². The van der Waals surface area contributed by atoms with Gasteiger partial charge in [0.1, 0.15) is 10.8 Å². The van der Waals surface area contributed by atoms with E-state index in [1.807, 2.05) is 24.3 Å². The third-order valence-electron chi connectivity index (χ3n) is 5.76. The lowest BCUT2D eigenvalue weighted by Gasteiger charge is -2.13. The van der Waals surface area contributed by atoms with E-state index in [-0.39, 0.29) is 24.0 Å². The van der Waals surface area contributed by atoms with Gasteiger partial charge in [0.2, 0.25) is 0 Å². The highest BCUT2D eigenvalue weighted by molar-refractivity contribution is 7.15. The fourth-order valence-corrected chi connectivity index (χ4v) is 5.32. The molecule has 0 saturated carbocycles. The van der Waals surface area contributed by atoms with E-state index in [9.17, 15) is 9.59 Å². The van der Waals surface area contributed by atoms with E-state index >= 15 is 0 Å². The van der Waals surface area contributed by atoms with Crippen molar-refractivity contribution in [1.29, 1.82) is 0 Å². The summed E-state index contributed by atoms with van der Waals surface area (Å²) in [5, 5.41) is 1.13. The van der Waals surface area contributed by atoms with E-state index in [0.29, 0.717) is 12.0 Å². The summed E-state index contributed by atoms with van der Waals surface area (Å²) in [6.45, 7) is 7.94. The molecule has 0 radical (unpaired) electrons. The number of hydrogen-bond acceptors (Lipinski definition) is 4. The molecule has 0 saturated heterocycles. The Kier molecular flexibility index (Phi) is 5.51. The van der Waals surface area contributed by atoms with Crippen molar-refractivity contribution in [2.45, 2.75) is 46.6 Å². The summed E-state index contributed by atoms with van der Waals surface area (Å²) in [4.78, 5) is 30.6. The molecule has 0 amide bonds. The number of terminal acetylenes is 1. The van der Waals surface area contributed by atoms with Crippen LogP contribution in [-0.2, 0) is 4.79 Å². The van der Waals surface area contributed by atoms with Gasteiger partial charge in [0, 0.05) is 39.4 Å². The maximum Gasteiger partial charge on any atom is 0.174 e. The molecule has 3 heterocycles. The molecular formula is C26H24N2O2S. The Bertz CT molecular complexity index is 1270. The summed E-state index contributed by atoms with van der Waals surface area (Å²) in [5.41, 5.74) is 6.82. The van der Waals surface area contributed by atoms with Crippen molar-refractivity contribution in [3.05, 3.63) is 74.9 Å². The second kappa shape index (κ2) is 8.13. The van der Waals surface area contributed by atoms with Crippen molar-refractivity contribution in [3.8, 4) is 17.3 Å². The molecule has 0 bridgehead atoms. The summed E-state index contributed by atoms with van der Waals surface area (Å²) < 4.78 is 2.24. The number of aliphatic imine (C=N–C) groups is 1. The molecule has 1 aromatic carbocycles. The third-order valence-corrected chi connectivity index (χ3v) is 6.96. The quantitative estimate of drug-likeness (QED) is 0.396. The number of thiophene rings is 1. The number of fused-ring (bicyclic) bond motifs is 3. The first-order valence-electron chi connectivity index (χ1n) is 10.2. The van der Waals surface area contributed by atoms with E-state index in [1.54, 1.807) is 18.3 Å². The Hall–Kier alpha value is -3.23. The Morgan fingerprint density at radius 1 is 1.13 bits per heavy atom. The highest BCUT2D eigenvalue weighted by Gasteiger charge is 2.30. The molecule has 5 heteroatoms. The molecule has 31 heavy (non-hydrogen) atoms. The zero-order chi connectivity index (χ0) is 22.3. The molecular weight excluding hydrogens is 404 g/mol. The van der Waals surface area contributed by atoms with Crippen LogP contribution in [0.15, 0.2) is 41.4 Å². The lowest BCUT2D eigenvalue weighted by atomic mass is 9.97. The van der Waals surface area contributed by atoms with Gasteiger partial charge in [0.15, 0.2) is 5.78 Å². The van der Waals surface area contributed by atoms with Crippen LogP contribution in [-0.4, -0.2) is 21.8 Å². The van der Waals surface area contributed by atoms with E-state index in [0.717, 1.165) is 33.2 Å². The van der Waals surface area contributed by atoms with Crippen molar-refractivity contribution in [3.63, 3.8) is 0 Å². The SMILES string of the molecule is C#CCC(=O)c1ccc(C2=N[C@@H](CC(C)=O)c3ccc(C)n3-c3sc(C)c(C)c32)cc1. The van der Waals surface area contributed by atoms with Gasteiger partial charge >= 0.3 is 0 Å². The molecule has 0 N–H and O–H groups in total. The monoisotopic (exact) mass is 428 g/mol. The number of carbonyl (C=O) groups is 2. The number of aryl methyl sites for hydroxylation is 2. The largest absolute Gasteiger partial charge is 0.307 e. The summed E-state index contributed by atoms with van der Waals surface area (Å²) in [6.07, 6.45) is 5.71. The summed E-state index contributed by atoms with van der Waals surface area (Å²) >= 11 is 1.75. The van der Waals surface area contributed by atoms with Crippen LogP contribution in [0.5, 0.6) is 0 Å². The normalized spacial score (nSPS) is 14.8. The highest BCUT2D eigenvalue weighted by atomic mass is 32.1. The van der Waals surface area contributed by atoms with Crippen LogP contribution in [0.2, 0.25) is 0 Å². The van der Waals surface area contributed by atoms with Crippen LogP contribution in [0.25, 0.3) is 5.00 Å². The predicted octanol–water partition coefficient (Wildman–Crippen LogP) is 5.54. The first-order chi connectivity index (χ1) is 14.8. The molecule has 3 aromatic rings. The number of Topliss-reactive ketones (excluding diaryl/α,β-unsaturated/α-hetero) is 2. The van der Waals surface area contributed by atoms with Crippen LogP contribution < -0.4 is 0 Å². The van der Waals surface area contributed by atoms with E-state index in [2.05, 4.69) is 43.4 Å². The molecule has 0 spiro atoms. The van der Waals surface area contributed by atoms with Crippen molar-refractivity contribution < 1.29 is 9.59 Å². The molecule has 0 unspecified atom stereocenters. The zero-order valence-corrected chi connectivity index (χ0v) is 19.0. The van der Waals surface area contributed by atoms with Crippen molar-refractivity contribution >= 4 is 28.6 Å². The van der Waals surface area contributed by atoms with Gasteiger partial charge in [-0.2, -0.15) is 0 Å². The summed E-state index contributed by atoms with van der Waals surface area (Å²) in [7, 11) is 0. The number of aromatic nitrogens is 1. The second-order valence-electron chi connectivity index (χ2n) is 7.98. The molecule has 0 fully saturated rings. The minimum Gasteiger partial charge on any atom is -0.307 e. The van der Waals surface area contributed by atoms with Crippen molar-refractivity contribution in [2.75, 3.05) is 0 Å². The lowest BCUT2D eigenvalue weighted by Crippen LogP contribution is -2.09. The molecule has 0 aliphatic carbocycles. The lowest BCUT2D eigenvalue weighted by molar-refractivity contribution is -0.117. The first-order valence-corrected chi connectivity index (χ1v) is 11.1. The zero-order valence-electron chi connectivity index (χ0n) is 18.2. The second-order valence-corrected chi connectivity index (χ2v) is 9.18. The third kappa shape index (κ3) is 3.68. The van der Waals surface area contributed by atoms with Crippen molar-refractivity contribution in [1.82, 2.24) is 4.57 Å². The van der Waals surface area contributed by atoms with E-state index < -0.39 is 0 Å². The number of benzene rings is 1. The molecule has 1 atom stereocenters. The molecule has 156 valence electrons. The van der Waals surface area contributed by atoms with Crippen LogP contribution in [0.1, 0.15) is 69.1 Å². The Balaban J connectivity index is 1.92. The van der Waals surface area contributed by atoms with Gasteiger partial charge in [0.25, 0.3) is 0 Å². The number of rotatable bonds is 5. The molecule has 1 aliphatic rings. The van der Waals surface area contributed by atoms with Gasteiger partial charge in [-0.25, -0.2) is 0 Å². The Morgan fingerprint density at radius 3 is 2.48 bits per heavy atom. The first kappa shape index (κ1) is 21.0. The van der Waals surface area contributed by atoms with E-state index in [1.165, 1.54) is 10.4 Å². The van der Waals surface area contributed by atoms with Gasteiger partial charge in [-0.15, -0.1) is 17.8 Å². The standard InChI is InChI=1S/C26H24N2O2S/c1-6-7-23(30)19-9-11-20(12-10-19)25-24-17(4)18(5)31-26(24)28-15(2)8-13-22(28)21(27-25)14-16(3)29/h1,8-13,21H,7,14H2,2-5H3/t21-/m0/s1. The van der Waals surface area contributed by atoms with Crippen LogP contribution in [0.3, 0.4) is 0 Å². The van der Waals surface area contributed by atoms with Crippen LogP contribution in [0, 0.1) is 33.1 Å². The summed E-state index contributed by atoms with van der Waals surface area (Å²) in [5.74, 6) is 2.44. The van der Waals surface area contributed by atoms with Crippen LogP contribution in [0.4, 0.5) is 0 Å². The fourth-order valence-electron chi connectivity index (χ4n) is 4.08. The number of ketones is 2. The van der Waals surface area contributed by atoms with Crippen LogP contribution >= 0.6 is 11.3 Å². The van der Waals surface area contributed by atoms with Gasteiger partial charge in [-0.1, -0.05) is 30.2 Å².